The van der Waals surface area contributed by atoms with Crippen LogP contribution in [0.25, 0.3) is 0 Å². The highest BCUT2D eigenvalue weighted by atomic mass is 16.5. The van der Waals surface area contributed by atoms with Crippen molar-refractivity contribution in [3.05, 3.63) is 11.6 Å². The molecule has 0 saturated heterocycles. The SMILES string of the molecule is CC(=O)O[C@H]1C[C@H]2[C@@H](CC[C@H]3C(C)(C)[C@H](OC(C)=O)CC[C@]23C)[C@]2(C)CC[C@H]([C@H](C)CC/C=C(\C)C(=O)O)[C@@]12C. The lowest BCUT2D eigenvalue weighted by atomic mass is 9.37. The normalized spacial score (nSPS) is 43.1. The largest absolute Gasteiger partial charge is 0.478 e. The van der Waals surface area contributed by atoms with Crippen molar-refractivity contribution in [2.45, 2.75) is 132 Å². The second-order valence-corrected chi connectivity index (χ2v) is 15.2. The van der Waals surface area contributed by atoms with Gasteiger partial charge in [0.05, 0.1) is 0 Å². The van der Waals surface area contributed by atoms with Crippen LogP contribution >= 0.6 is 0 Å². The summed E-state index contributed by atoms with van der Waals surface area (Å²) < 4.78 is 12.2. The summed E-state index contributed by atoms with van der Waals surface area (Å²) in [6.07, 6.45) is 10.8. The second-order valence-electron chi connectivity index (χ2n) is 15.2. The summed E-state index contributed by atoms with van der Waals surface area (Å²) in [6.45, 7) is 19.1. The minimum absolute atomic E-state index is 0.0520. The molecule has 0 unspecified atom stereocenters. The molecule has 0 spiro atoms. The van der Waals surface area contributed by atoms with Crippen molar-refractivity contribution in [1.29, 1.82) is 0 Å². The Kier molecular flexibility index (Phi) is 8.37. The minimum Gasteiger partial charge on any atom is -0.478 e. The number of carbonyl (C=O) groups is 3. The van der Waals surface area contributed by atoms with E-state index in [0.29, 0.717) is 35.2 Å². The summed E-state index contributed by atoms with van der Waals surface area (Å²) in [6, 6.07) is 0. The molecule has 4 saturated carbocycles. The topological polar surface area (TPSA) is 89.9 Å². The molecular weight excluding hydrogens is 504 g/mol. The van der Waals surface area contributed by atoms with Gasteiger partial charge in [-0.3, -0.25) is 9.59 Å². The van der Waals surface area contributed by atoms with Crippen LogP contribution in [0, 0.1) is 51.2 Å². The van der Waals surface area contributed by atoms with E-state index in [9.17, 15) is 19.5 Å². The summed E-state index contributed by atoms with van der Waals surface area (Å²) in [7, 11) is 0. The number of esters is 2. The van der Waals surface area contributed by atoms with Gasteiger partial charge in [0.25, 0.3) is 0 Å². The first-order chi connectivity index (χ1) is 18.5. The molecule has 0 radical (unpaired) electrons. The van der Waals surface area contributed by atoms with Crippen LogP contribution in [0.4, 0.5) is 0 Å². The van der Waals surface area contributed by atoms with E-state index in [4.69, 9.17) is 9.47 Å². The molecule has 0 heterocycles. The van der Waals surface area contributed by atoms with Crippen LogP contribution in [-0.2, 0) is 23.9 Å². The van der Waals surface area contributed by atoms with E-state index < -0.39 is 5.97 Å². The van der Waals surface area contributed by atoms with Crippen molar-refractivity contribution in [2.24, 2.45) is 51.2 Å². The van der Waals surface area contributed by atoms with Gasteiger partial charge in [0.1, 0.15) is 12.2 Å². The molecule has 4 fully saturated rings. The van der Waals surface area contributed by atoms with Gasteiger partial charge in [-0.25, -0.2) is 4.79 Å². The van der Waals surface area contributed by atoms with Crippen molar-refractivity contribution in [1.82, 2.24) is 0 Å². The van der Waals surface area contributed by atoms with Crippen LogP contribution in [0.5, 0.6) is 0 Å². The van der Waals surface area contributed by atoms with Crippen molar-refractivity contribution in [3.8, 4) is 0 Å². The maximum Gasteiger partial charge on any atom is 0.330 e. The molecule has 4 aliphatic rings. The van der Waals surface area contributed by atoms with Crippen molar-refractivity contribution in [2.75, 3.05) is 0 Å². The van der Waals surface area contributed by atoms with Crippen LogP contribution in [0.2, 0.25) is 0 Å². The molecule has 0 aliphatic heterocycles. The number of carboxylic acid groups (broad SMARTS) is 1. The molecule has 0 aromatic carbocycles. The monoisotopic (exact) mass is 558 g/mol. The summed E-state index contributed by atoms with van der Waals surface area (Å²) in [4.78, 5) is 35.8. The average Bonchev–Trinajstić information content (AvgIpc) is 3.13. The predicted molar refractivity (Wildman–Crippen MR) is 155 cm³/mol. The summed E-state index contributed by atoms with van der Waals surface area (Å²) >= 11 is 0. The van der Waals surface area contributed by atoms with Crippen LogP contribution in [0.3, 0.4) is 0 Å². The summed E-state index contributed by atoms with van der Waals surface area (Å²) in [5, 5.41) is 9.27. The third-order valence-corrected chi connectivity index (χ3v) is 13.2. The Balaban J connectivity index is 1.66. The second kappa shape index (κ2) is 10.8. The molecule has 1 N–H and O–H groups in total. The highest BCUT2D eigenvalue weighted by Crippen LogP contribution is 2.75. The molecule has 4 rings (SSSR count). The summed E-state index contributed by atoms with van der Waals surface area (Å²) in [5.41, 5.74) is 0.348. The lowest BCUT2D eigenvalue weighted by Gasteiger charge is -2.68. The zero-order chi connectivity index (χ0) is 29.8. The molecule has 10 atom stereocenters. The zero-order valence-electron chi connectivity index (χ0n) is 26.5. The first-order valence-corrected chi connectivity index (χ1v) is 15.7. The molecule has 0 aromatic rings. The number of hydrogen-bond donors (Lipinski definition) is 1. The van der Waals surface area contributed by atoms with E-state index in [1.54, 1.807) is 13.8 Å². The van der Waals surface area contributed by atoms with Crippen LogP contribution in [0.1, 0.15) is 120 Å². The molecule has 0 amide bonds. The van der Waals surface area contributed by atoms with Gasteiger partial charge in [0, 0.05) is 30.3 Å². The van der Waals surface area contributed by atoms with E-state index in [-0.39, 0.29) is 45.8 Å². The molecule has 40 heavy (non-hydrogen) atoms. The quantitative estimate of drug-likeness (QED) is 0.256. The highest BCUT2D eigenvalue weighted by Gasteiger charge is 2.71. The third kappa shape index (κ3) is 4.83. The number of ether oxygens (including phenoxy) is 2. The number of carbonyl (C=O) groups excluding carboxylic acids is 2. The fraction of sp³-hybridized carbons (Fsp3) is 0.853. The Morgan fingerprint density at radius 2 is 1.50 bits per heavy atom. The van der Waals surface area contributed by atoms with Crippen LogP contribution in [-0.4, -0.2) is 35.2 Å². The molecule has 0 aromatic heterocycles. The van der Waals surface area contributed by atoms with Crippen LogP contribution < -0.4 is 0 Å². The smallest absolute Gasteiger partial charge is 0.330 e. The third-order valence-electron chi connectivity index (χ3n) is 13.2. The number of rotatable bonds is 7. The Morgan fingerprint density at radius 1 is 0.875 bits per heavy atom. The van der Waals surface area contributed by atoms with E-state index in [2.05, 4.69) is 41.5 Å². The standard InChI is InChI=1S/C34H54O6/c1-20(11-10-12-21(2)30(37)38)24-15-18-33(8)25-13-14-27-31(5,6)28(39-22(3)35)16-17-32(27,7)26(25)19-29(34(24,33)9)40-23(4)36/h12,20,24-29H,10-11,13-19H2,1-9H3,(H,37,38)/b21-12+/t20-,24-,25-,26+,27+,28-,29+,32-,33+,34+/m1/s1. The number of hydrogen-bond acceptors (Lipinski definition) is 5. The van der Waals surface area contributed by atoms with Crippen molar-refractivity contribution in [3.63, 3.8) is 0 Å². The molecule has 4 aliphatic carbocycles. The molecule has 0 bridgehead atoms. The number of aliphatic carboxylic acids is 1. The Morgan fingerprint density at radius 3 is 2.10 bits per heavy atom. The fourth-order valence-corrected chi connectivity index (χ4v) is 11.0. The van der Waals surface area contributed by atoms with Gasteiger partial charge in [0.15, 0.2) is 0 Å². The van der Waals surface area contributed by atoms with Gasteiger partial charge >= 0.3 is 17.9 Å². The van der Waals surface area contributed by atoms with Crippen molar-refractivity contribution < 1.29 is 29.0 Å². The number of carboxylic acids is 1. The maximum absolute atomic E-state index is 12.6. The Hall–Kier alpha value is -1.85. The first kappa shape index (κ1) is 31.1. The zero-order valence-corrected chi connectivity index (χ0v) is 26.5. The van der Waals surface area contributed by atoms with Gasteiger partial charge in [-0.2, -0.15) is 0 Å². The van der Waals surface area contributed by atoms with Gasteiger partial charge in [-0.1, -0.05) is 47.6 Å². The van der Waals surface area contributed by atoms with Gasteiger partial charge in [-0.05, 0) is 105 Å². The lowest BCUT2D eigenvalue weighted by molar-refractivity contribution is -0.240. The molecule has 6 heteroatoms. The predicted octanol–water partition coefficient (Wildman–Crippen LogP) is 7.59. The van der Waals surface area contributed by atoms with Crippen molar-refractivity contribution >= 4 is 17.9 Å². The van der Waals surface area contributed by atoms with E-state index in [1.807, 2.05) is 6.08 Å². The van der Waals surface area contributed by atoms with E-state index in [0.717, 1.165) is 51.4 Å². The molecular formula is C34H54O6. The Bertz CT molecular complexity index is 1050. The van der Waals surface area contributed by atoms with Gasteiger partial charge < -0.3 is 14.6 Å². The Labute approximate surface area is 242 Å². The van der Waals surface area contributed by atoms with Gasteiger partial charge in [-0.15, -0.1) is 0 Å². The highest BCUT2D eigenvalue weighted by molar-refractivity contribution is 5.85. The minimum atomic E-state index is -0.851. The first-order valence-electron chi connectivity index (χ1n) is 15.7. The fourth-order valence-electron chi connectivity index (χ4n) is 11.0. The number of fused-ring (bicyclic) bond motifs is 5. The summed E-state index contributed by atoms with van der Waals surface area (Å²) in [5.74, 6) is 1.07. The molecule has 6 nitrogen and oxygen atoms in total. The van der Waals surface area contributed by atoms with E-state index in [1.165, 1.54) is 13.3 Å². The maximum atomic E-state index is 12.6. The van der Waals surface area contributed by atoms with Gasteiger partial charge in [0.2, 0.25) is 0 Å². The average molecular weight is 559 g/mol. The van der Waals surface area contributed by atoms with E-state index >= 15 is 0 Å². The van der Waals surface area contributed by atoms with Crippen LogP contribution in [0.15, 0.2) is 11.6 Å². The number of allylic oxidation sites excluding steroid dienone is 1. The molecule has 226 valence electrons. The lowest BCUT2D eigenvalue weighted by Crippen LogP contribution is -2.65.